The maximum atomic E-state index is 14.4. The quantitative estimate of drug-likeness (QED) is 0.162. The summed E-state index contributed by atoms with van der Waals surface area (Å²) < 4.78 is 57.4. The van der Waals surface area contributed by atoms with Crippen molar-refractivity contribution in [1.82, 2.24) is 19.6 Å². The van der Waals surface area contributed by atoms with E-state index < -0.39 is 17.4 Å². The molecule has 4 rings (SSSR count). The molecule has 0 aliphatic carbocycles. The highest BCUT2D eigenvalue weighted by Gasteiger charge is 2.35. The zero-order chi connectivity index (χ0) is 29.2. The Morgan fingerprint density at radius 3 is 2.52 bits per heavy atom. The van der Waals surface area contributed by atoms with Crippen molar-refractivity contribution in [2.75, 3.05) is 34.2 Å². The fourth-order valence-corrected chi connectivity index (χ4v) is 5.65. The van der Waals surface area contributed by atoms with E-state index in [0.717, 1.165) is 47.3 Å². The number of halogens is 4. The fourth-order valence-electron chi connectivity index (χ4n) is 4.94. The zero-order valence-corrected chi connectivity index (χ0v) is 24.3. The fraction of sp³-hybridized carbons (Fsp3) is 0.400. The first-order valence-electron chi connectivity index (χ1n) is 13.0. The second-order valence-corrected chi connectivity index (χ2v) is 11.7. The minimum absolute atomic E-state index is 0.0139. The van der Waals surface area contributed by atoms with Crippen molar-refractivity contribution in [3.05, 3.63) is 81.7 Å². The van der Waals surface area contributed by atoms with Gasteiger partial charge in [-0.15, -0.1) is 0 Å². The SMILES string of the molecule is C=CS/C(=C\c1ccc2nn(Cc3ccc(C(C)(C)F)cc3C(F)(F)F)cc2c1)C(=NC)N1CC[C@H](N(C)C)C1. The van der Waals surface area contributed by atoms with Crippen molar-refractivity contribution in [3.8, 4) is 0 Å². The van der Waals surface area contributed by atoms with E-state index in [-0.39, 0.29) is 17.7 Å². The highest BCUT2D eigenvalue weighted by atomic mass is 32.2. The number of alkyl halides is 4. The minimum atomic E-state index is -4.61. The number of benzene rings is 2. The molecule has 1 aliphatic rings. The molecule has 0 bridgehead atoms. The third kappa shape index (κ3) is 6.78. The van der Waals surface area contributed by atoms with Crippen LogP contribution in [0.2, 0.25) is 0 Å². The number of amidine groups is 1. The van der Waals surface area contributed by atoms with Crippen LogP contribution in [0.25, 0.3) is 17.0 Å². The largest absolute Gasteiger partial charge is 0.416 e. The molecule has 1 saturated heterocycles. The van der Waals surface area contributed by atoms with Gasteiger partial charge < -0.3 is 9.80 Å². The summed E-state index contributed by atoms with van der Waals surface area (Å²) in [4.78, 5) is 10.1. The number of hydrogen-bond acceptors (Lipinski definition) is 4. The summed E-state index contributed by atoms with van der Waals surface area (Å²) in [6.07, 6.45) is 0.235. The van der Waals surface area contributed by atoms with Gasteiger partial charge in [0.25, 0.3) is 0 Å². The molecule has 0 saturated carbocycles. The van der Waals surface area contributed by atoms with E-state index in [1.165, 1.54) is 42.4 Å². The third-order valence-corrected chi connectivity index (χ3v) is 7.86. The van der Waals surface area contributed by atoms with Crippen LogP contribution in [-0.2, 0) is 18.4 Å². The van der Waals surface area contributed by atoms with Crippen molar-refractivity contribution >= 4 is 34.6 Å². The van der Waals surface area contributed by atoms with E-state index in [4.69, 9.17) is 0 Å². The van der Waals surface area contributed by atoms with Crippen molar-refractivity contribution in [1.29, 1.82) is 0 Å². The lowest BCUT2D eigenvalue weighted by Crippen LogP contribution is -2.34. The first-order chi connectivity index (χ1) is 18.8. The van der Waals surface area contributed by atoms with Gasteiger partial charge in [0.05, 0.1) is 22.5 Å². The van der Waals surface area contributed by atoms with Gasteiger partial charge in [-0.05, 0) is 80.7 Å². The standard InChI is InChI=1S/C30H35F4N5S/c1-7-40-27(28(35-4)38-13-12-24(19-38)37(5)6)15-20-8-11-26-22(14-20)18-39(36-26)17-21-9-10-23(29(2,3)31)16-25(21)30(32,33)34/h7-11,14-16,18,24H,1,12-13,17,19H2,2-6H3/b27-15-,35-28?/t24-/m0/s1. The van der Waals surface area contributed by atoms with E-state index in [0.29, 0.717) is 11.6 Å². The van der Waals surface area contributed by atoms with Gasteiger partial charge in [0, 0.05) is 37.8 Å². The molecular weight excluding hydrogens is 538 g/mol. The number of nitrogens with zero attached hydrogens (tertiary/aromatic N) is 5. The molecule has 40 heavy (non-hydrogen) atoms. The van der Waals surface area contributed by atoms with Crippen LogP contribution < -0.4 is 0 Å². The predicted molar refractivity (Wildman–Crippen MR) is 157 cm³/mol. The smallest absolute Gasteiger partial charge is 0.354 e. The second-order valence-electron chi connectivity index (χ2n) is 10.7. The molecule has 0 amide bonds. The van der Waals surface area contributed by atoms with Crippen LogP contribution in [0.3, 0.4) is 0 Å². The lowest BCUT2D eigenvalue weighted by molar-refractivity contribution is -0.138. The monoisotopic (exact) mass is 573 g/mol. The van der Waals surface area contributed by atoms with Gasteiger partial charge in [0.1, 0.15) is 11.5 Å². The Hall–Kier alpha value is -3.11. The summed E-state index contributed by atoms with van der Waals surface area (Å²) in [5, 5.41) is 7.07. The van der Waals surface area contributed by atoms with Crippen molar-refractivity contribution in [2.45, 2.75) is 44.7 Å². The molecule has 2 heterocycles. The van der Waals surface area contributed by atoms with Crippen LogP contribution in [0.15, 0.2) is 64.5 Å². The zero-order valence-electron chi connectivity index (χ0n) is 23.5. The highest BCUT2D eigenvalue weighted by Crippen LogP contribution is 2.36. The summed E-state index contributed by atoms with van der Waals surface area (Å²) in [5.74, 6) is 0.907. The molecule has 3 aromatic rings. The van der Waals surface area contributed by atoms with E-state index in [1.807, 2.05) is 24.3 Å². The molecule has 10 heteroatoms. The first kappa shape index (κ1) is 29.9. The number of likely N-dealkylation sites (tertiary alicyclic amines) is 1. The lowest BCUT2D eigenvalue weighted by Gasteiger charge is -2.24. The van der Waals surface area contributed by atoms with Gasteiger partial charge in [-0.3, -0.25) is 9.67 Å². The number of aromatic nitrogens is 2. The Morgan fingerprint density at radius 2 is 1.93 bits per heavy atom. The van der Waals surface area contributed by atoms with Gasteiger partial charge >= 0.3 is 6.18 Å². The third-order valence-electron chi connectivity index (χ3n) is 7.14. The van der Waals surface area contributed by atoms with Crippen LogP contribution in [0.1, 0.15) is 42.5 Å². The molecule has 1 fully saturated rings. The molecule has 1 atom stereocenters. The van der Waals surface area contributed by atoms with Crippen LogP contribution in [0.5, 0.6) is 0 Å². The summed E-state index contributed by atoms with van der Waals surface area (Å²) >= 11 is 1.50. The van der Waals surface area contributed by atoms with E-state index in [9.17, 15) is 17.6 Å². The normalized spacial score (nSPS) is 17.4. The van der Waals surface area contributed by atoms with E-state index in [2.05, 4.69) is 40.6 Å². The number of likely N-dealkylation sites (N-methyl/N-ethyl adjacent to an activating group) is 1. The summed E-state index contributed by atoms with van der Waals surface area (Å²) in [7, 11) is 5.97. The molecule has 1 aromatic heterocycles. The molecule has 1 aliphatic heterocycles. The minimum Gasteiger partial charge on any atom is -0.354 e. The van der Waals surface area contributed by atoms with Crippen LogP contribution in [0, 0.1) is 0 Å². The summed E-state index contributed by atoms with van der Waals surface area (Å²) in [6, 6.07) is 9.85. The Bertz CT molecular complexity index is 1430. The highest BCUT2D eigenvalue weighted by molar-refractivity contribution is 8.06. The van der Waals surface area contributed by atoms with Crippen molar-refractivity contribution < 1.29 is 17.6 Å². The molecule has 2 aromatic carbocycles. The average molecular weight is 574 g/mol. The molecule has 0 N–H and O–H groups in total. The van der Waals surface area contributed by atoms with Gasteiger partial charge in [-0.2, -0.15) is 18.3 Å². The van der Waals surface area contributed by atoms with Gasteiger partial charge in [-0.1, -0.05) is 36.5 Å². The van der Waals surface area contributed by atoms with Crippen LogP contribution >= 0.6 is 11.8 Å². The molecule has 5 nitrogen and oxygen atoms in total. The van der Waals surface area contributed by atoms with Gasteiger partial charge in [-0.25, -0.2) is 4.39 Å². The number of hydrogen-bond donors (Lipinski definition) is 0. The van der Waals surface area contributed by atoms with Gasteiger partial charge in [0.15, 0.2) is 0 Å². The van der Waals surface area contributed by atoms with Gasteiger partial charge in [0.2, 0.25) is 0 Å². The second kappa shape index (κ2) is 11.8. The predicted octanol–water partition coefficient (Wildman–Crippen LogP) is 7.19. The molecule has 0 spiro atoms. The van der Waals surface area contributed by atoms with E-state index in [1.54, 1.807) is 18.7 Å². The van der Waals surface area contributed by atoms with Crippen LogP contribution in [0.4, 0.5) is 17.6 Å². The lowest BCUT2D eigenvalue weighted by atomic mass is 9.95. The Balaban J connectivity index is 1.63. The Kier molecular flexibility index (Phi) is 8.80. The average Bonchev–Trinajstić information content (AvgIpc) is 3.50. The first-order valence-corrected chi connectivity index (χ1v) is 13.9. The Labute approximate surface area is 237 Å². The summed E-state index contributed by atoms with van der Waals surface area (Å²) in [5.41, 5.74) is -1.12. The summed E-state index contributed by atoms with van der Waals surface area (Å²) in [6.45, 7) is 8.10. The van der Waals surface area contributed by atoms with Crippen LogP contribution in [-0.4, -0.2) is 65.7 Å². The number of aliphatic imine (C=N–C) groups is 1. The topological polar surface area (TPSA) is 36.7 Å². The molecule has 0 radical (unpaired) electrons. The number of fused-ring (bicyclic) bond motifs is 1. The van der Waals surface area contributed by atoms with Crippen molar-refractivity contribution in [3.63, 3.8) is 0 Å². The molecule has 0 unspecified atom stereocenters. The van der Waals surface area contributed by atoms with Crippen molar-refractivity contribution in [2.24, 2.45) is 4.99 Å². The maximum absolute atomic E-state index is 14.4. The maximum Gasteiger partial charge on any atom is 0.416 e. The number of thioether (sulfide) groups is 1. The Morgan fingerprint density at radius 1 is 1.18 bits per heavy atom. The van der Waals surface area contributed by atoms with E-state index >= 15 is 0 Å². The number of rotatable bonds is 8. The molecule has 214 valence electrons. The molecular formula is C30H35F4N5S.